The summed E-state index contributed by atoms with van der Waals surface area (Å²) in [7, 11) is 2.99. The van der Waals surface area contributed by atoms with Crippen molar-refractivity contribution in [3.63, 3.8) is 0 Å². The van der Waals surface area contributed by atoms with Gasteiger partial charge in [0.2, 0.25) is 5.91 Å². The van der Waals surface area contributed by atoms with Gasteiger partial charge in [0.25, 0.3) is 5.91 Å². The highest BCUT2D eigenvalue weighted by Crippen LogP contribution is 2.22. The summed E-state index contributed by atoms with van der Waals surface area (Å²) >= 11 is 0. The highest BCUT2D eigenvalue weighted by atomic mass is 16.5. The maximum atomic E-state index is 12.2. The minimum atomic E-state index is -0.462. The molecule has 2 amide bonds. The van der Waals surface area contributed by atoms with Gasteiger partial charge in [-0.05, 0) is 37.6 Å². The minimum absolute atomic E-state index is 0.230. The van der Waals surface area contributed by atoms with Crippen molar-refractivity contribution in [3.05, 3.63) is 53.6 Å². The van der Waals surface area contributed by atoms with Crippen molar-refractivity contribution in [2.24, 2.45) is 0 Å². The first-order valence-corrected chi connectivity index (χ1v) is 8.53. The number of hydrogen-bond acceptors (Lipinski definition) is 5. The number of ether oxygens (including phenoxy) is 3. The number of rotatable bonds is 8. The van der Waals surface area contributed by atoms with Crippen molar-refractivity contribution < 1.29 is 23.8 Å². The second-order valence-corrected chi connectivity index (χ2v) is 5.87. The number of aryl methyl sites for hydroxylation is 1. The Morgan fingerprint density at radius 2 is 1.52 bits per heavy atom. The number of carbonyl (C=O) groups excluding carboxylic acids is 2. The molecule has 0 bridgehead atoms. The Kier molecular flexibility index (Phi) is 7.49. The molecule has 0 spiro atoms. The van der Waals surface area contributed by atoms with Crippen molar-refractivity contribution >= 4 is 11.8 Å². The third-order valence-corrected chi connectivity index (χ3v) is 3.77. The molecular formula is C20H24N2O5. The van der Waals surface area contributed by atoms with Gasteiger partial charge in [-0.25, -0.2) is 0 Å². The number of carbonyl (C=O) groups is 2. The maximum absolute atomic E-state index is 12.2. The van der Waals surface area contributed by atoms with E-state index in [1.807, 2.05) is 31.2 Å². The van der Waals surface area contributed by atoms with Gasteiger partial charge < -0.3 is 14.2 Å². The fourth-order valence-electron chi connectivity index (χ4n) is 2.26. The number of nitrogens with one attached hydrogen (secondary N) is 2. The average molecular weight is 372 g/mol. The normalized spacial score (nSPS) is 10.0. The predicted octanol–water partition coefficient (Wildman–Crippen LogP) is 2.63. The van der Waals surface area contributed by atoms with E-state index in [4.69, 9.17) is 14.2 Å². The molecule has 144 valence electrons. The lowest BCUT2D eigenvalue weighted by Gasteiger charge is -2.10. The van der Waals surface area contributed by atoms with Crippen LogP contribution in [-0.4, -0.2) is 32.6 Å². The van der Waals surface area contributed by atoms with Gasteiger partial charge in [0, 0.05) is 18.1 Å². The minimum Gasteiger partial charge on any atom is -0.497 e. The molecule has 27 heavy (non-hydrogen) atoms. The summed E-state index contributed by atoms with van der Waals surface area (Å²) in [6.07, 6.45) is 0.760. The van der Waals surface area contributed by atoms with Crippen molar-refractivity contribution in [2.75, 3.05) is 20.8 Å². The van der Waals surface area contributed by atoms with Gasteiger partial charge in [0.1, 0.15) is 17.2 Å². The molecule has 0 atom stereocenters. The van der Waals surface area contributed by atoms with Crippen LogP contribution in [0.15, 0.2) is 42.5 Å². The zero-order valence-corrected chi connectivity index (χ0v) is 15.7. The van der Waals surface area contributed by atoms with Gasteiger partial charge >= 0.3 is 0 Å². The van der Waals surface area contributed by atoms with E-state index in [2.05, 4.69) is 10.9 Å². The molecule has 2 aromatic carbocycles. The van der Waals surface area contributed by atoms with E-state index in [0.29, 0.717) is 30.1 Å². The Morgan fingerprint density at radius 3 is 2.11 bits per heavy atom. The summed E-state index contributed by atoms with van der Waals surface area (Å²) < 4.78 is 15.8. The molecular weight excluding hydrogens is 348 g/mol. The zero-order valence-electron chi connectivity index (χ0n) is 15.7. The van der Waals surface area contributed by atoms with E-state index in [1.165, 1.54) is 14.2 Å². The van der Waals surface area contributed by atoms with Gasteiger partial charge in [-0.2, -0.15) is 0 Å². The van der Waals surface area contributed by atoms with Crippen LogP contribution < -0.4 is 25.1 Å². The third kappa shape index (κ3) is 6.54. The number of hydrogen-bond donors (Lipinski definition) is 2. The first-order chi connectivity index (χ1) is 13.0. The quantitative estimate of drug-likeness (QED) is 0.550. The van der Waals surface area contributed by atoms with Crippen LogP contribution in [0.4, 0.5) is 0 Å². The summed E-state index contributed by atoms with van der Waals surface area (Å²) in [5, 5.41) is 0. The molecule has 2 aromatic rings. The fourth-order valence-corrected chi connectivity index (χ4v) is 2.26. The molecule has 7 heteroatoms. The molecule has 0 aliphatic rings. The largest absolute Gasteiger partial charge is 0.497 e. The Balaban J connectivity index is 1.73. The molecule has 2 rings (SSSR count). The Labute approximate surface area is 158 Å². The second kappa shape index (κ2) is 10.1. The van der Waals surface area contributed by atoms with Crippen molar-refractivity contribution in [2.45, 2.75) is 19.8 Å². The summed E-state index contributed by atoms with van der Waals surface area (Å²) in [6.45, 7) is 2.42. The van der Waals surface area contributed by atoms with Crippen LogP contribution in [0.25, 0.3) is 0 Å². The molecule has 0 aromatic heterocycles. The van der Waals surface area contributed by atoms with Crippen LogP contribution in [0.1, 0.15) is 28.8 Å². The summed E-state index contributed by atoms with van der Waals surface area (Å²) in [5.41, 5.74) is 6.23. The van der Waals surface area contributed by atoms with Gasteiger partial charge in [-0.1, -0.05) is 17.7 Å². The van der Waals surface area contributed by atoms with E-state index in [0.717, 1.165) is 11.3 Å². The van der Waals surface area contributed by atoms with E-state index >= 15 is 0 Å². The number of hydrazine groups is 1. The van der Waals surface area contributed by atoms with Gasteiger partial charge in [0.15, 0.2) is 0 Å². The van der Waals surface area contributed by atoms with Crippen molar-refractivity contribution in [1.29, 1.82) is 0 Å². The lowest BCUT2D eigenvalue weighted by atomic mass is 10.2. The monoisotopic (exact) mass is 372 g/mol. The van der Waals surface area contributed by atoms with Crippen LogP contribution in [0.5, 0.6) is 17.2 Å². The standard InChI is InChI=1S/C20H24N2O5/c1-14-6-8-16(9-7-14)27-10-4-5-19(23)21-22-20(24)15-11-17(25-2)13-18(12-15)26-3/h6-9,11-13H,4-5,10H2,1-3H3,(H,21,23)(H,22,24). The Hall–Kier alpha value is -3.22. The summed E-state index contributed by atoms with van der Waals surface area (Å²) in [5.74, 6) is 0.974. The molecule has 0 radical (unpaired) electrons. The zero-order chi connectivity index (χ0) is 19.6. The fraction of sp³-hybridized carbons (Fsp3) is 0.300. The van der Waals surface area contributed by atoms with Gasteiger partial charge in [0.05, 0.1) is 20.8 Å². The third-order valence-electron chi connectivity index (χ3n) is 3.77. The van der Waals surface area contributed by atoms with Crippen LogP contribution in [0, 0.1) is 6.92 Å². The lowest BCUT2D eigenvalue weighted by molar-refractivity contribution is -0.122. The maximum Gasteiger partial charge on any atom is 0.269 e. The first-order valence-electron chi connectivity index (χ1n) is 8.53. The highest BCUT2D eigenvalue weighted by molar-refractivity contribution is 5.96. The van der Waals surface area contributed by atoms with Crippen molar-refractivity contribution in [1.82, 2.24) is 10.9 Å². The van der Waals surface area contributed by atoms with Gasteiger partial charge in [-0.3, -0.25) is 20.4 Å². The number of benzene rings is 2. The van der Waals surface area contributed by atoms with Crippen LogP contribution in [0.3, 0.4) is 0 Å². The predicted molar refractivity (Wildman–Crippen MR) is 101 cm³/mol. The molecule has 0 saturated heterocycles. The molecule has 0 aliphatic carbocycles. The number of amides is 2. The van der Waals surface area contributed by atoms with Crippen molar-refractivity contribution in [3.8, 4) is 17.2 Å². The van der Waals surface area contributed by atoms with Crippen LogP contribution in [-0.2, 0) is 4.79 Å². The lowest BCUT2D eigenvalue weighted by Crippen LogP contribution is -2.41. The Morgan fingerprint density at radius 1 is 0.889 bits per heavy atom. The summed E-state index contributed by atoms with van der Waals surface area (Å²) in [6, 6.07) is 12.5. The smallest absolute Gasteiger partial charge is 0.269 e. The Bertz CT molecular complexity index is 752. The summed E-state index contributed by atoms with van der Waals surface area (Å²) in [4.78, 5) is 24.0. The molecule has 7 nitrogen and oxygen atoms in total. The first kappa shape index (κ1) is 20.1. The molecule has 0 heterocycles. The SMILES string of the molecule is COc1cc(OC)cc(C(=O)NNC(=O)CCCOc2ccc(C)cc2)c1. The molecule has 0 saturated carbocycles. The number of methoxy groups -OCH3 is 2. The van der Waals surface area contributed by atoms with E-state index in [1.54, 1.807) is 18.2 Å². The second-order valence-electron chi connectivity index (χ2n) is 5.87. The van der Waals surface area contributed by atoms with Gasteiger partial charge in [-0.15, -0.1) is 0 Å². The average Bonchev–Trinajstić information content (AvgIpc) is 2.70. The van der Waals surface area contributed by atoms with E-state index in [9.17, 15) is 9.59 Å². The highest BCUT2D eigenvalue weighted by Gasteiger charge is 2.11. The molecule has 2 N–H and O–H groups in total. The van der Waals surface area contributed by atoms with Crippen LogP contribution in [0.2, 0.25) is 0 Å². The molecule has 0 aliphatic heterocycles. The van der Waals surface area contributed by atoms with Crippen LogP contribution >= 0.6 is 0 Å². The topological polar surface area (TPSA) is 85.9 Å². The molecule has 0 unspecified atom stereocenters. The van der Waals surface area contributed by atoms with E-state index in [-0.39, 0.29) is 12.3 Å². The molecule has 0 fully saturated rings. The van der Waals surface area contributed by atoms with E-state index < -0.39 is 5.91 Å².